The van der Waals surface area contributed by atoms with Gasteiger partial charge in [-0.05, 0) is 50.6 Å². The predicted molar refractivity (Wildman–Crippen MR) is 67.6 cm³/mol. The van der Waals surface area contributed by atoms with Crippen LogP contribution in [-0.2, 0) is 0 Å². The summed E-state index contributed by atoms with van der Waals surface area (Å²) in [6.45, 7) is 3.85. The number of benzene rings is 1. The van der Waals surface area contributed by atoms with Crippen molar-refractivity contribution in [3.05, 3.63) is 29.6 Å². The summed E-state index contributed by atoms with van der Waals surface area (Å²) in [5.41, 5.74) is 0.330. The van der Waals surface area contributed by atoms with E-state index in [1.165, 1.54) is 38.1 Å². The van der Waals surface area contributed by atoms with Crippen LogP contribution in [0.25, 0.3) is 0 Å². The van der Waals surface area contributed by atoms with Crippen molar-refractivity contribution in [2.45, 2.75) is 19.3 Å². The van der Waals surface area contributed by atoms with Crippen LogP contribution in [0.2, 0.25) is 0 Å². The highest BCUT2D eigenvalue weighted by Gasteiger charge is 2.10. The van der Waals surface area contributed by atoms with Crippen LogP contribution in [0, 0.1) is 5.82 Å². The Morgan fingerprint density at radius 3 is 2.78 bits per heavy atom. The molecule has 1 aromatic carbocycles. The maximum absolute atomic E-state index is 13.5. The number of nitrogens with zero attached hydrogens (tertiary/aromatic N) is 1. The van der Waals surface area contributed by atoms with Gasteiger partial charge in [-0.25, -0.2) is 4.39 Å². The molecule has 0 aromatic heterocycles. The van der Waals surface area contributed by atoms with Gasteiger partial charge >= 0.3 is 0 Å². The minimum atomic E-state index is -0.472. The maximum Gasteiger partial charge on any atom is 0.165 e. The van der Waals surface area contributed by atoms with E-state index in [4.69, 9.17) is 4.74 Å². The fraction of sp³-hybridized carbons (Fsp3) is 0.500. The van der Waals surface area contributed by atoms with Crippen molar-refractivity contribution in [3.8, 4) is 5.75 Å². The number of carbonyl (C=O) groups is 1. The second-order valence-corrected chi connectivity index (χ2v) is 4.56. The van der Waals surface area contributed by atoms with E-state index >= 15 is 0 Å². The molecule has 0 spiro atoms. The van der Waals surface area contributed by atoms with Gasteiger partial charge in [0.2, 0.25) is 0 Å². The quantitative estimate of drug-likeness (QED) is 0.574. The van der Waals surface area contributed by atoms with Gasteiger partial charge in [-0.3, -0.25) is 4.79 Å². The number of ether oxygens (including phenoxy) is 1. The van der Waals surface area contributed by atoms with E-state index in [1.807, 2.05) is 0 Å². The Hall–Kier alpha value is -1.42. The second kappa shape index (κ2) is 6.50. The Labute approximate surface area is 107 Å². The monoisotopic (exact) mass is 251 g/mol. The molecule has 0 radical (unpaired) electrons. The number of halogens is 1. The molecule has 1 aliphatic heterocycles. The standard InChI is InChI=1S/C14H18FNO2/c15-13-10-12(11-17)4-5-14(13)18-9-3-8-16-6-1-2-7-16/h4-5,10-11H,1-3,6-9H2. The van der Waals surface area contributed by atoms with Gasteiger partial charge in [0.1, 0.15) is 6.29 Å². The molecule has 3 nitrogen and oxygen atoms in total. The molecule has 0 unspecified atom stereocenters. The summed E-state index contributed by atoms with van der Waals surface area (Å²) in [6, 6.07) is 4.27. The van der Waals surface area contributed by atoms with Gasteiger partial charge in [-0.1, -0.05) is 0 Å². The summed E-state index contributed by atoms with van der Waals surface area (Å²) in [4.78, 5) is 12.9. The summed E-state index contributed by atoms with van der Waals surface area (Å²) in [6.07, 6.45) is 4.08. The molecule has 98 valence electrons. The van der Waals surface area contributed by atoms with Gasteiger partial charge in [0.15, 0.2) is 11.6 Å². The van der Waals surface area contributed by atoms with Crippen molar-refractivity contribution in [1.82, 2.24) is 4.90 Å². The van der Waals surface area contributed by atoms with E-state index in [9.17, 15) is 9.18 Å². The third-order valence-electron chi connectivity index (χ3n) is 3.17. The molecule has 1 saturated heterocycles. The molecule has 18 heavy (non-hydrogen) atoms. The molecule has 1 fully saturated rings. The molecule has 0 bridgehead atoms. The Morgan fingerprint density at radius 1 is 1.33 bits per heavy atom. The Bertz CT molecular complexity index is 403. The summed E-state index contributed by atoms with van der Waals surface area (Å²) >= 11 is 0. The third kappa shape index (κ3) is 3.53. The van der Waals surface area contributed by atoms with Gasteiger partial charge in [-0.2, -0.15) is 0 Å². The number of hydrogen-bond acceptors (Lipinski definition) is 3. The van der Waals surface area contributed by atoms with Crippen LogP contribution in [-0.4, -0.2) is 37.4 Å². The lowest BCUT2D eigenvalue weighted by Gasteiger charge is -2.14. The summed E-state index contributed by atoms with van der Waals surface area (Å²) in [7, 11) is 0. The normalized spacial score (nSPS) is 15.8. The SMILES string of the molecule is O=Cc1ccc(OCCCN2CCCC2)c(F)c1. The topological polar surface area (TPSA) is 29.5 Å². The molecule has 0 aliphatic carbocycles. The Kier molecular flexibility index (Phi) is 4.70. The number of rotatable bonds is 6. The maximum atomic E-state index is 13.5. The molecular formula is C14H18FNO2. The van der Waals surface area contributed by atoms with E-state index in [0.29, 0.717) is 18.5 Å². The van der Waals surface area contributed by atoms with Crippen LogP contribution in [0.3, 0.4) is 0 Å². The van der Waals surface area contributed by atoms with Crippen LogP contribution < -0.4 is 4.74 Å². The first-order chi connectivity index (χ1) is 8.79. The zero-order valence-corrected chi connectivity index (χ0v) is 10.4. The van der Waals surface area contributed by atoms with E-state index < -0.39 is 5.82 Å². The van der Waals surface area contributed by atoms with Crippen LogP contribution in [0.15, 0.2) is 18.2 Å². The van der Waals surface area contributed by atoms with E-state index in [2.05, 4.69) is 4.90 Å². The zero-order chi connectivity index (χ0) is 12.8. The first kappa shape index (κ1) is 13.0. The van der Waals surface area contributed by atoms with Gasteiger partial charge in [-0.15, -0.1) is 0 Å². The molecule has 2 rings (SSSR count). The van der Waals surface area contributed by atoms with Crippen molar-refractivity contribution < 1.29 is 13.9 Å². The molecule has 4 heteroatoms. The number of hydrogen-bond donors (Lipinski definition) is 0. The van der Waals surface area contributed by atoms with E-state index in [-0.39, 0.29) is 5.75 Å². The van der Waals surface area contributed by atoms with Gasteiger partial charge in [0, 0.05) is 12.1 Å². The molecule has 0 amide bonds. The summed E-state index contributed by atoms with van der Waals surface area (Å²) in [5.74, 6) is -0.247. The lowest BCUT2D eigenvalue weighted by molar-refractivity contribution is 0.112. The summed E-state index contributed by atoms with van der Waals surface area (Å²) < 4.78 is 18.8. The van der Waals surface area contributed by atoms with Crippen molar-refractivity contribution in [1.29, 1.82) is 0 Å². The minimum absolute atomic E-state index is 0.224. The van der Waals surface area contributed by atoms with E-state index in [0.717, 1.165) is 13.0 Å². The lowest BCUT2D eigenvalue weighted by Crippen LogP contribution is -2.22. The highest BCUT2D eigenvalue weighted by molar-refractivity contribution is 5.74. The fourth-order valence-electron chi connectivity index (χ4n) is 2.18. The van der Waals surface area contributed by atoms with Crippen molar-refractivity contribution in [3.63, 3.8) is 0 Å². The number of likely N-dealkylation sites (tertiary alicyclic amines) is 1. The number of carbonyl (C=O) groups excluding carboxylic acids is 1. The molecular weight excluding hydrogens is 233 g/mol. The van der Waals surface area contributed by atoms with Crippen molar-refractivity contribution >= 4 is 6.29 Å². The first-order valence-electron chi connectivity index (χ1n) is 6.39. The smallest absolute Gasteiger partial charge is 0.165 e. The first-order valence-corrected chi connectivity index (χ1v) is 6.39. The second-order valence-electron chi connectivity index (χ2n) is 4.56. The Balaban J connectivity index is 1.74. The van der Waals surface area contributed by atoms with Crippen LogP contribution in [0.5, 0.6) is 5.75 Å². The van der Waals surface area contributed by atoms with Crippen LogP contribution in [0.1, 0.15) is 29.6 Å². The molecule has 0 saturated carbocycles. The highest BCUT2D eigenvalue weighted by Crippen LogP contribution is 2.18. The fourth-order valence-corrected chi connectivity index (χ4v) is 2.18. The molecule has 0 N–H and O–H groups in total. The van der Waals surface area contributed by atoms with E-state index in [1.54, 1.807) is 6.07 Å². The lowest BCUT2D eigenvalue weighted by atomic mass is 10.2. The summed E-state index contributed by atoms with van der Waals surface area (Å²) in [5, 5.41) is 0. The van der Waals surface area contributed by atoms with Gasteiger partial charge in [0.05, 0.1) is 6.61 Å². The Morgan fingerprint density at radius 2 is 2.11 bits per heavy atom. The molecule has 1 aliphatic rings. The molecule has 1 aromatic rings. The molecule has 1 heterocycles. The van der Waals surface area contributed by atoms with Gasteiger partial charge in [0.25, 0.3) is 0 Å². The highest BCUT2D eigenvalue weighted by atomic mass is 19.1. The van der Waals surface area contributed by atoms with Gasteiger partial charge < -0.3 is 9.64 Å². The zero-order valence-electron chi connectivity index (χ0n) is 10.4. The van der Waals surface area contributed by atoms with Crippen LogP contribution >= 0.6 is 0 Å². The van der Waals surface area contributed by atoms with Crippen molar-refractivity contribution in [2.75, 3.05) is 26.2 Å². The minimum Gasteiger partial charge on any atom is -0.490 e. The predicted octanol–water partition coefficient (Wildman–Crippen LogP) is 2.50. The number of aldehydes is 1. The largest absolute Gasteiger partial charge is 0.490 e. The molecule has 0 atom stereocenters. The third-order valence-corrected chi connectivity index (χ3v) is 3.17. The van der Waals surface area contributed by atoms with Crippen LogP contribution in [0.4, 0.5) is 4.39 Å². The average molecular weight is 251 g/mol. The van der Waals surface area contributed by atoms with Crippen molar-refractivity contribution in [2.24, 2.45) is 0 Å². The average Bonchev–Trinajstić information content (AvgIpc) is 2.89.